The maximum atomic E-state index is 12.7. The Balaban J connectivity index is 1.61. The van der Waals surface area contributed by atoms with Crippen LogP contribution in [0.15, 0.2) is 47.5 Å². The molecule has 0 atom stereocenters. The molecule has 1 aliphatic rings. The van der Waals surface area contributed by atoms with Crippen molar-refractivity contribution in [2.24, 2.45) is 0 Å². The number of nitrogens with zero attached hydrogens (tertiary/aromatic N) is 4. The van der Waals surface area contributed by atoms with Crippen molar-refractivity contribution in [1.82, 2.24) is 19.9 Å². The molecule has 9 nitrogen and oxygen atoms in total. The van der Waals surface area contributed by atoms with E-state index in [0.29, 0.717) is 43.0 Å². The Kier molecular flexibility index (Phi) is 5.05. The summed E-state index contributed by atoms with van der Waals surface area (Å²) < 4.78 is 5.14. The summed E-state index contributed by atoms with van der Waals surface area (Å²) in [5, 5.41) is 11.5. The number of para-hydroxylation sites is 1. The zero-order valence-corrected chi connectivity index (χ0v) is 15.8. The van der Waals surface area contributed by atoms with Crippen LogP contribution in [-0.2, 0) is 19.5 Å². The highest BCUT2D eigenvalue weighted by Gasteiger charge is 2.26. The number of rotatable bonds is 5. The van der Waals surface area contributed by atoms with E-state index in [2.05, 4.69) is 15.0 Å². The van der Waals surface area contributed by atoms with Crippen molar-refractivity contribution < 1.29 is 9.66 Å². The summed E-state index contributed by atoms with van der Waals surface area (Å²) in [6, 6.07) is 8.60. The lowest BCUT2D eigenvalue weighted by atomic mass is 10.0. The number of hydrogen-bond acceptors (Lipinski definition) is 7. The van der Waals surface area contributed by atoms with Gasteiger partial charge in [0.25, 0.3) is 5.56 Å². The molecule has 3 heterocycles. The maximum absolute atomic E-state index is 12.7. The fourth-order valence-electron chi connectivity index (χ4n) is 3.57. The zero-order chi connectivity index (χ0) is 20.4. The van der Waals surface area contributed by atoms with Crippen LogP contribution < -0.4 is 10.3 Å². The van der Waals surface area contributed by atoms with Crippen molar-refractivity contribution in [1.29, 1.82) is 0 Å². The van der Waals surface area contributed by atoms with Gasteiger partial charge in [0.05, 0.1) is 23.3 Å². The molecule has 0 saturated carbocycles. The Labute approximate surface area is 166 Å². The van der Waals surface area contributed by atoms with Crippen LogP contribution in [-0.4, -0.2) is 38.4 Å². The summed E-state index contributed by atoms with van der Waals surface area (Å²) in [6.45, 7) is 1.37. The molecule has 0 aliphatic carbocycles. The quantitative estimate of drug-likeness (QED) is 0.522. The molecular formula is C20H19N5O4. The average Bonchev–Trinajstić information content (AvgIpc) is 2.74. The second-order valence-electron chi connectivity index (χ2n) is 6.76. The molecular weight excluding hydrogens is 374 g/mol. The number of aromatic amines is 1. The van der Waals surface area contributed by atoms with Crippen LogP contribution in [0.2, 0.25) is 0 Å². The highest BCUT2D eigenvalue weighted by atomic mass is 16.6. The predicted octanol–water partition coefficient (Wildman–Crippen LogP) is 2.31. The second-order valence-corrected chi connectivity index (χ2v) is 6.76. The minimum absolute atomic E-state index is 0.0409. The summed E-state index contributed by atoms with van der Waals surface area (Å²) in [6.07, 6.45) is 3.89. The number of nitro benzene ring substituents is 1. The number of aromatic nitrogens is 3. The molecule has 0 saturated heterocycles. The van der Waals surface area contributed by atoms with Crippen LogP contribution in [0.5, 0.6) is 5.75 Å². The highest BCUT2D eigenvalue weighted by molar-refractivity contribution is 5.54. The van der Waals surface area contributed by atoms with Gasteiger partial charge >= 0.3 is 5.69 Å². The lowest BCUT2D eigenvalue weighted by Crippen LogP contribution is -2.35. The average molecular weight is 393 g/mol. The van der Waals surface area contributed by atoms with Crippen molar-refractivity contribution in [3.63, 3.8) is 0 Å². The monoisotopic (exact) mass is 393 g/mol. The topological polar surface area (TPSA) is 114 Å². The van der Waals surface area contributed by atoms with Gasteiger partial charge in [-0.25, -0.2) is 4.98 Å². The van der Waals surface area contributed by atoms with Crippen LogP contribution in [0.25, 0.3) is 11.4 Å². The van der Waals surface area contributed by atoms with E-state index in [1.807, 2.05) is 4.90 Å². The Hall–Kier alpha value is -3.59. The summed E-state index contributed by atoms with van der Waals surface area (Å²) >= 11 is 0. The summed E-state index contributed by atoms with van der Waals surface area (Å²) in [5.74, 6) is 0.749. The van der Waals surface area contributed by atoms with Gasteiger partial charge in [-0.05, 0) is 18.2 Å². The third-order valence-electron chi connectivity index (χ3n) is 4.98. The Morgan fingerprint density at radius 1 is 1.28 bits per heavy atom. The van der Waals surface area contributed by atoms with Crippen molar-refractivity contribution in [3.8, 4) is 17.1 Å². The smallest absolute Gasteiger partial charge is 0.315 e. The highest BCUT2D eigenvalue weighted by Crippen LogP contribution is 2.32. The van der Waals surface area contributed by atoms with Crippen LogP contribution in [0.3, 0.4) is 0 Å². The van der Waals surface area contributed by atoms with Crippen LogP contribution in [0, 0.1) is 10.1 Å². The molecule has 0 bridgehead atoms. The largest absolute Gasteiger partial charge is 0.490 e. The van der Waals surface area contributed by atoms with Gasteiger partial charge in [0, 0.05) is 49.6 Å². The Bertz CT molecular complexity index is 1110. The van der Waals surface area contributed by atoms with Crippen LogP contribution >= 0.6 is 0 Å². The molecule has 3 aromatic rings. The number of fused-ring (bicyclic) bond motifs is 1. The minimum atomic E-state index is -0.429. The number of pyridine rings is 1. The Morgan fingerprint density at radius 2 is 2.07 bits per heavy atom. The standard InChI is InChI=1S/C20H19N5O4/c1-29-17-4-2-3-14(18(17)25(27)28)11-24-10-7-16-15(12-24)20(26)23-19(22-16)13-5-8-21-9-6-13/h2-6,8-9H,7,10-12H2,1H3,(H,22,23,26). The normalized spacial score (nSPS) is 13.7. The van der Waals surface area contributed by atoms with Gasteiger partial charge in [-0.1, -0.05) is 12.1 Å². The van der Waals surface area contributed by atoms with E-state index in [4.69, 9.17) is 4.74 Å². The number of nitrogens with one attached hydrogen (secondary N) is 1. The molecule has 0 spiro atoms. The summed E-state index contributed by atoms with van der Waals surface area (Å²) in [5.41, 5.74) is 2.48. The molecule has 4 rings (SSSR count). The number of H-pyrrole nitrogens is 1. The lowest BCUT2D eigenvalue weighted by molar-refractivity contribution is -0.386. The predicted molar refractivity (Wildman–Crippen MR) is 106 cm³/mol. The Morgan fingerprint density at radius 3 is 2.79 bits per heavy atom. The first kappa shape index (κ1) is 18.8. The first-order valence-electron chi connectivity index (χ1n) is 9.12. The van der Waals surface area contributed by atoms with E-state index in [0.717, 1.165) is 11.3 Å². The van der Waals surface area contributed by atoms with Crippen molar-refractivity contribution in [2.45, 2.75) is 19.5 Å². The zero-order valence-electron chi connectivity index (χ0n) is 15.8. The van der Waals surface area contributed by atoms with Gasteiger partial charge in [-0.2, -0.15) is 0 Å². The fraction of sp³-hybridized carbons (Fsp3) is 0.250. The van der Waals surface area contributed by atoms with Gasteiger partial charge in [0.15, 0.2) is 5.75 Å². The minimum Gasteiger partial charge on any atom is -0.490 e. The summed E-state index contributed by atoms with van der Waals surface area (Å²) in [4.78, 5) is 37.2. The van der Waals surface area contributed by atoms with E-state index in [1.165, 1.54) is 7.11 Å². The molecule has 0 unspecified atom stereocenters. The van der Waals surface area contributed by atoms with Crippen LogP contribution in [0.4, 0.5) is 5.69 Å². The van der Waals surface area contributed by atoms with Gasteiger partial charge in [0.2, 0.25) is 0 Å². The number of methoxy groups -OCH3 is 1. The van der Waals surface area contributed by atoms with Gasteiger partial charge in [-0.15, -0.1) is 0 Å². The van der Waals surface area contributed by atoms with E-state index in [1.54, 1.807) is 42.7 Å². The van der Waals surface area contributed by atoms with Crippen LogP contribution in [0.1, 0.15) is 16.8 Å². The third kappa shape index (κ3) is 3.72. The van der Waals surface area contributed by atoms with Gasteiger partial charge in [-0.3, -0.25) is 24.8 Å². The fourth-order valence-corrected chi connectivity index (χ4v) is 3.57. The maximum Gasteiger partial charge on any atom is 0.315 e. The molecule has 1 aromatic carbocycles. The van der Waals surface area contributed by atoms with Gasteiger partial charge in [0.1, 0.15) is 5.82 Å². The number of nitro groups is 1. The molecule has 1 aliphatic heterocycles. The number of ether oxygens (including phenoxy) is 1. The number of hydrogen-bond donors (Lipinski definition) is 1. The van der Waals surface area contributed by atoms with E-state index in [-0.39, 0.29) is 17.0 Å². The molecule has 2 aromatic heterocycles. The number of benzene rings is 1. The first-order chi connectivity index (χ1) is 14.1. The van der Waals surface area contributed by atoms with Crippen molar-refractivity contribution in [2.75, 3.05) is 13.7 Å². The van der Waals surface area contributed by atoms with Gasteiger partial charge < -0.3 is 9.72 Å². The molecule has 0 amide bonds. The van der Waals surface area contributed by atoms with Crippen molar-refractivity contribution >= 4 is 5.69 Å². The molecule has 0 radical (unpaired) electrons. The van der Waals surface area contributed by atoms with Crippen molar-refractivity contribution in [3.05, 3.63) is 80.0 Å². The van der Waals surface area contributed by atoms with E-state index < -0.39 is 4.92 Å². The third-order valence-corrected chi connectivity index (χ3v) is 4.98. The SMILES string of the molecule is COc1cccc(CN2CCc3nc(-c4ccncc4)[nH]c(=O)c3C2)c1[N+](=O)[O-]. The molecule has 0 fully saturated rings. The lowest BCUT2D eigenvalue weighted by Gasteiger charge is -2.27. The first-order valence-corrected chi connectivity index (χ1v) is 9.12. The second kappa shape index (κ2) is 7.80. The van der Waals surface area contributed by atoms with E-state index in [9.17, 15) is 14.9 Å². The molecule has 29 heavy (non-hydrogen) atoms. The van der Waals surface area contributed by atoms with E-state index >= 15 is 0 Å². The summed E-state index contributed by atoms with van der Waals surface area (Å²) in [7, 11) is 1.41. The molecule has 9 heteroatoms. The molecule has 1 N–H and O–H groups in total. The molecule has 148 valence electrons.